The molecule has 0 amide bonds. The van der Waals surface area contributed by atoms with E-state index < -0.39 is 0 Å². The van der Waals surface area contributed by atoms with Gasteiger partial charge in [-0.15, -0.1) is 6.58 Å². The summed E-state index contributed by atoms with van der Waals surface area (Å²) in [6, 6.07) is 7.08. The van der Waals surface area contributed by atoms with Gasteiger partial charge in [-0.2, -0.15) is 0 Å². The summed E-state index contributed by atoms with van der Waals surface area (Å²) in [4.78, 5) is 2.58. The van der Waals surface area contributed by atoms with E-state index in [9.17, 15) is 0 Å². The lowest BCUT2D eigenvalue weighted by molar-refractivity contribution is 0.166. The first-order valence-corrected chi connectivity index (χ1v) is 8.31. The number of nitrogens with one attached hydrogen (secondary N) is 1. The van der Waals surface area contributed by atoms with Crippen molar-refractivity contribution in [3.8, 4) is 0 Å². The van der Waals surface area contributed by atoms with Gasteiger partial charge in [-0.1, -0.05) is 12.1 Å². The van der Waals surface area contributed by atoms with Gasteiger partial charge in [0.05, 0.1) is 0 Å². The molecule has 1 aliphatic rings. The quantitative estimate of drug-likeness (QED) is 0.764. The Morgan fingerprint density at radius 3 is 2.63 bits per heavy atom. The molecule has 0 saturated carbocycles. The Bertz CT molecular complexity index is 428. The molecule has 1 N–H and O–H groups in total. The minimum Gasteiger partial charge on any atom is -0.314 e. The van der Waals surface area contributed by atoms with Crippen molar-refractivity contribution in [3.63, 3.8) is 0 Å². The third-order valence-electron chi connectivity index (χ3n) is 3.57. The molecule has 1 aromatic rings. The van der Waals surface area contributed by atoms with Crippen LogP contribution in [0.5, 0.6) is 0 Å². The first kappa shape index (κ1) is 15.2. The molecule has 19 heavy (non-hydrogen) atoms. The highest BCUT2D eigenvalue weighted by atomic mass is 79.9. The first-order valence-electron chi connectivity index (χ1n) is 6.73. The number of halogens is 2. The summed E-state index contributed by atoms with van der Waals surface area (Å²) in [5.41, 5.74) is 1.39. The van der Waals surface area contributed by atoms with Crippen molar-refractivity contribution in [2.45, 2.75) is 18.9 Å². The zero-order valence-electron chi connectivity index (χ0n) is 11.0. The lowest BCUT2D eigenvalue weighted by Crippen LogP contribution is -2.45. The van der Waals surface area contributed by atoms with Gasteiger partial charge in [0.1, 0.15) is 0 Å². The summed E-state index contributed by atoms with van der Waals surface area (Å²) in [6.07, 6.45) is 4.21. The van der Waals surface area contributed by atoms with Crippen LogP contribution in [0, 0.1) is 0 Å². The van der Waals surface area contributed by atoms with Crippen LogP contribution in [0.25, 0.3) is 0 Å². The van der Waals surface area contributed by atoms with E-state index in [1.807, 2.05) is 6.08 Å². The average molecular weight is 388 g/mol. The van der Waals surface area contributed by atoms with Crippen LogP contribution in [-0.4, -0.2) is 31.1 Å². The summed E-state index contributed by atoms with van der Waals surface area (Å²) >= 11 is 7.15. The van der Waals surface area contributed by atoms with E-state index in [-0.39, 0.29) is 0 Å². The van der Waals surface area contributed by atoms with Crippen LogP contribution < -0.4 is 5.32 Å². The monoisotopic (exact) mass is 386 g/mol. The first-order chi connectivity index (χ1) is 9.22. The Morgan fingerprint density at radius 1 is 1.26 bits per heavy atom. The maximum absolute atomic E-state index is 3.86. The summed E-state index contributed by atoms with van der Waals surface area (Å²) < 4.78 is 2.24. The van der Waals surface area contributed by atoms with E-state index in [0.29, 0.717) is 6.04 Å². The fraction of sp³-hybridized carbons (Fsp3) is 0.467. The van der Waals surface area contributed by atoms with E-state index in [1.165, 1.54) is 5.56 Å². The molecule has 2 rings (SSSR count). The van der Waals surface area contributed by atoms with Crippen molar-refractivity contribution in [2.75, 3.05) is 26.2 Å². The third-order valence-corrected chi connectivity index (χ3v) is 5.44. The molecule has 0 spiro atoms. The minimum atomic E-state index is 0.490. The van der Waals surface area contributed by atoms with Crippen molar-refractivity contribution >= 4 is 31.9 Å². The molecule has 1 aliphatic heterocycles. The molecule has 2 nitrogen and oxygen atoms in total. The second-order valence-electron chi connectivity index (χ2n) is 4.84. The van der Waals surface area contributed by atoms with E-state index in [4.69, 9.17) is 0 Å². The molecule has 0 aliphatic carbocycles. The van der Waals surface area contributed by atoms with Crippen molar-refractivity contribution in [1.29, 1.82) is 0 Å². The number of rotatable bonds is 5. The lowest BCUT2D eigenvalue weighted by atomic mass is 9.99. The standard InChI is InChI=1S/C15H20Br2N2/c1-2-3-4-15(19-9-7-18-8-10-19)12-5-6-13(16)14(17)11-12/h2,5-6,11,15,18H,1,3-4,7-10H2/t15-/m0/s1. The van der Waals surface area contributed by atoms with E-state index in [1.54, 1.807) is 0 Å². The van der Waals surface area contributed by atoms with Crippen molar-refractivity contribution in [1.82, 2.24) is 10.2 Å². The molecule has 104 valence electrons. The largest absolute Gasteiger partial charge is 0.314 e. The van der Waals surface area contributed by atoms with Gasteiger partial charge in [0.25, 0.3) is 0 Å². The molecule has 1 fully saturated rings. The molecule has 0 aromatic heterocycles. The molecule has 4 heteroatoms. The van der Waals surface area contributed by atoms with Gasteiger partial charge >= 0.3 is 0 Å². The molecular weight excluding hydrogens is 368 g/mol. The van der Waals surface area contributed by atoms with Gasteiger partial charge in [-0.3, -0.25) is 4.90 Å². The predicted octanol–water partition coefficient (Wildman–Crippen LogP) is 4.12. The van der Waals surface area contributed by atoms with Crippen LogP contribution in [0.4, 0.5) is 0 Å². The van der Waals surface area contributed by atoms with E-state index >= 15 is 0 Å². The van der Waals surface area contributed by atoms with Gasteiger partial charge in [-0.05, 0) is 62.4 Å². The van der Waals surface area contributed by atoms with Gasteiger partial charge in [0.2, 0.25) is 0 Å². The average Bonchev–Trinajstić information content (AvgIpc) is 2.44. The highest BCUT2D eigenvalue weighted by Gasteiger charge is 2.21. The van der Waals surface area contributed by atoms with Crippen LogP contribution in [0.3, 0.4) is 0 Å². The number of allylic oxidation sites excluding steroid dienone is 1. The Kier molecular flexibility index (Phi) is 6.07. The minimum absolute atomic E-state index is 0.490. The molecule has 1 atom stereocenters. The number of piperazine rings is 1. The molecule has 1 aromatic carbocycles. The summed E-state index contributed by atoms with van der Waals surface area (Å²) in [7, 11) is 0. The van der Waals surface area contributed by atoms with Crippen LogP contribution >= 0.6 is 31.9 Å². The van der Waals surface area contributed by atoms with Crippen LogP contribution in [0.2, 0.25) is 0 Å². The summed E-state index contributed by atoms with van der Waals surface area (Å²) in [5.74, 6) is 0. The maximum Gasteiger partial charge on any atom is 0.0352 e. The highest BCUT2D eigenvalue weighted by molar-refractivity contribution is 9.13. The number of nitrogens with zero attached hydrogens (tertiary/aromatic N) is 1. The Balaban J connectivity index is 2.19. The topological polar surface area (TPSA) is 15.3 Å². The molecule has 0 bridgehead atoms. The van der Waals surface area contributed by atoms with Crippen molar-refractivity contribution in [2.24, 2.45) is 0 Å². The molecule has 1 heterocycles. The SMILES string of the molecule is C=CCC[C@@H](c1ccc(Br)c(Br)c1)N1CCNCC1. The van der Waals surface area contributed by atoms with E-state index in [2.05, 4.69) is 66.9 Å². The lowest BCUT2D eigenvalue weighted by Gasteiger charge is -2.35. The zero-order valence-corrected chi connectivity index (χ0v) is 14.2. The van der Waals surface area contributed by atoms with Crippen LogP contribution in [0.1, 0.15) is 24.4 Å². The number of benzene rings is 1. The van der Waals surface area contributed by atoms with Crippen LogP contribution in [0.15, 0.2) is 39.8 Å². The number of hydrogen-bond donors (Lipinski definition) is 1. The van der Waals surface area contributed by atoms with Crippen molar-refractivity contribution < 1.29 is 0 Å². The Morgan fingerprint density at radius 2 is 2.00 bits per heavy atom. The van der Waals surface area contributed by atoms with Gasteiger partial charge in [0.15, 0.2) is 0 Å². The van der Waals surface area contributed by atoms with Gasteiger partial charge in [0, 0.05) is 41.2 Å². The van der Waals surface area contributed by atoms with Gasteiger partial charge < -0.3 is 5.32 Å². The second-order valence-corrected chi connectivity index (χ2v) is 6.55. The summed E-state index contributed by atoms with van der Waals surface area (Å²) in [6.45, 7) is 8.27. The maximum atomic E-state index is 3.86. The van der Waals surface area contributed by atoms with Crippen LogP contribution in [-0.2, 0) is 0 Å². The zero-order chi connectivity index (χ0) is 13.7. The third kappa shape index (κ3) is 4.15. The van der Waals surface area contributed by atoms with Gasteiger partial charge in [-0.25, -0.2) is 0 Å². The van der Waals surface area contributed by atoms with Crippen molar-refractivity contribution in [3.05, 3.63) is 45.4 Å². The Labute approximate surface area is 132 Å². The molecule has 0 radical (unpaired) electrons. The second kappa shape index (κ2) is 7.58. The molecule has 1 saturated heterocycles. The number of hydrogen-bond acceptors (Lipinski definition) is 2. The molecule has 0 unspecified atom stereocenters. The highest BCUT2D eigenvalue weighted by Crippen LogP contribution is 2.31. The predicted molar refractivity (Wildman–Crippen MR) is 88.5 cm³/mol. The summed E-state index contributed by atoms with van der Waals surface area (Å²) in [5, 5.41) is 3.42. The molecular formula is C15H20Br2N2. The normalized spacial score (nSPS) is 18.2. The van der Waals surface area contributed by atoms with E-state index in [0.717, 1.165) is 48.0 Å². The Hall–Kier alpha value is -0.160. The fourth-order valence-corrected chi connectivity index (χ4v) is 3.19. The smallest absolute Gasteiger partial charge is 0.0352 e. The fourth-order valence-electron chi connectivity index (χ4n) is 2.55.